The van der Waals surface area contributed by atoms with Crippen LogP contribution in [0.1, 0.15) is 22.8 Å². The number of piperazine rings is 1. The highest BCUT2D eigenvalue weighted by molar-refractivity contribution is 6.00. The Bertz CT molecular complexity index is 956. The number of amides is 1. The normalized spacial score (nSPS) is 15.0. The van der Waals surface area contributed by atoms with E-state index in [0.717, 1.165) is 55.2 Å². The lowest BCUT2D eigenvalue weighted by molar-refractivity contribution is -0.902. The average Bonchev–Trinajstić information content (AvgIpc) is 3.19. The monoisotopic (exact) mass is 375 g/mol. The molecule has 144 valence electrons. The molecule has 5 heteroatoms. The molecule has 0 atom stereocenters. The third-order valence-corrected chi connectivity index (χ3v) is 5.51. The summed E-state index contributed by atoms with van der Waals surface area (Å²) in [5, 5.41) is 4.80. The molecule has 1 aliphatic rings. The molecule has 0 radical (unpaired) electrons. The molecular weight excluding hydrogens is 348 g/mol. The molecule has 0 aliphatic carbocycles. The smallest absolute Gasteiger partial charge is 0.258 e. The van der Waals surface area contributed by atoms with Crippen LogP contribution in [0.25, 0.3) is 16.9 Å². The van der Waals surface area contributed by atoms with Gasteiger partial charge in [0.1, 0.15) is 5.69 Å². The van der Waals surface area contributed by atoms with Gasteiger partial charge >= 0.3 is 0 Å². The number of carbonyl (C=O) groups excluding carboxylic acids is 1. The van der Waals surface area contributed by atoms with Gasteiger partial charge in [0.2, 0.25) is 0 Å². The number of aryl methyl sites for hydroxylation is 1. The summed E-state index contributed by atoms with van der Waals surface area (Å²) in [6.45, 7) is 8.99. The molecule has 3 aromatic rings. The van der Waals surface area contributed by atoms with Gasteiger partial charge in [-0.2, -0.15) is 5.10 Å². The molecule has 1 fully saturated rings. The highest BCUT2D eigenvalue weighted by atomic mass is 16.2. The lowest BCUT2D eigenvalue weighted by Gasteiger charge is -2.31. The lowest BCUT2D eigenvalue weighted by Crippen LogP contribution is -3.14. The zero-order valence-corrected chi connectivity index (χ0v) is 16.6. The van der Waals surface area contributed by atoms with E-state index in [1.165, 1.54) is 0 Å². The average molecular weight is 375 g/mol. The Morgan fingerprint density at radius 3 is 2.50 bits per heavy atom. The van der Waals surface area contributed by atoms with Crippen LogP contribution in [0.5, 0.6) is 0 Å². The second kappa shape index (κ2) is 7.98. The van der Waals surface area contributed by atoms with Gasteiger partial charge in [0, 0.05) is 11.8 Å². The van der Waals surface area contributed by atoms with Crippen LogP contribution in [-0.2, 0) is 0 Å². The Labute approximate surface area is 166 Å². The van der Waals surface area contributed by atoms with E-state index in [-0.39, 0.29) is 5.91 Å². The number of quaternary nitrogens is 1. The van der Waals surface area contributed by atoms with E-state index in [4.69, 9.17) is 5.10 Å². The SMILES string of the molecule is CC[NH+]1CCN(C(=O)c2cn(-c3ccccc3)nc2-c2cccc(C)c2)CC1. The number of hydrogen-bond acceptors (Lipinski definition) is 2. The van der Waals surface area contributed by atoms with E-state index >= 15 is 0 Å². The molecule has 0 saturated carbocycles. The molecule has 0 bridgehead atoms. The number of hydrogen-bond donors (Lipinski definition) is 1. The van der Waals surface area contributed by atoms with Crippen molar-refractivity contribution in [1.82, 2.24) is 14.7 Å². The third kappa shape index (κ3) is 3.71. The van der Waals surface area contributed by atoms with E-state index < -0.39 is 0 Å². The van der Waals surface area contributed by atoms with Crippen molar-refractivity contribution >= 4 is 5.91 Å². The molecule has 0 spiro atoms. The minimum atomic E-state index is 0.0776. The number of aromatic nitrogens is 2. The van der Waals surface area contributed by atoms with Gasteiger partial charge in [-0.25, -0.2) is 4.68 Å². The predicted octanol–water partition coefficient (Wildman–Crippen LogP) is 2.21. The number of nitrogens with zero attached hydrogens (tertiary/aromatic N) is 3. The van der Waals surface area contributed by atoms with Gasteiger partial charge in [0.05, 0.1) is 44.0 Å². The van der Waals surface area contributed by atoms with Gasteiger partial charge in [-0.15, -0.1) is 0 Å². The van der Waals surface area contributed by atoms with Crippen molar-refractivity contribution in [3.8, 4) is 16.9 Å². The van der Waals surface area contributed by atoms with E-state index in [1.54, 1.807) is 4.90 Å². The standard InChI is InChI=1S/C23H26N4O/c1-3-25-12-14-26(15-13-25)23(28)21-17-27(20-10-5-4-6-11-20)24-22(21)19-9-7-8-18(2)16-19/h4-11,16-17H,3,12-15H2,1-2H3/p+1. The van der Waals surface area contributed by atoms with Gasteiger partial charge in [-0.3, -0.25) is 4.79 Å². The summed E-state index contributed by atoms with van der Waals surface area (Å²) in [7, 11) is 0. The molecule has 4 rings (SSSR count). The second-order valence-electron chi connectivity index (χ2n) is 7.44. The fourth-order valence-electron chi connectivity index (χ4n) is 3.80. The summed E-state index contributed by atoms with van der Waals surface area (Å²) in [5.74, 6) is 0.0776. The molecule has 1 amide bonds. The van der Waals surface area contributed by atoms with Gasteiger partial charge in [0.15, 0.2) is 0 Å². The van der Waals surface area contributed by atoms with Crippen molar-refractivity contribution < 1.29 is 9.69 Å². The Hall–Kier alpha value is -2.92. The van der Waals surface area contributed by atoms with Crippen LogP contribution in [-0.4, -0.2) is 53.3 Å². The fraction of sp³-hybridized carbons (Fsp3) is 0.304. The topological polar surface area (TPSA) is 42.6 Å². The Balaban J connectivity index is 1.72. The quantitative estimate of drug-likeness (QED) is 0.760. The first kappa shape index (κ1) is 18.4. The van der Waals surface area contributed by atoms with Crippen LogP contribution >= 0.6 is 0 Å². The van der Waals surface area contributed by atoms with Crippen molar-refractivity contribution in [3.63, 3.8) is 0 Å². The first-order valence-electron chi connectivity index (χ1n) is 10.0. The Morgan fingerprint density at radius 2 is 1.82 bits per heavy atom. The van der Waals surface area contributed by atoms with Crippen molar-refractivity contribution in [2.24, 2.45) is 0 Å². The molecule has 2 aromatic carbocycles. The number of likely N-dealkylation sites (N-methyl/N-ethyl adjacent to an activating group) is 1. The summed E-state index contributed by atoms with van der Waals surface area (Å²) < 4.78 is 1.82. The Morgan fingerprint density at radius 1 is 1.07 bits per heavy atom. The summed E-state index contributed by atoms with van der Waals surface area (Å²) in [6, 6.07) is 18.2. The Kier molecular flexibility index (Phi) is 5.26. The molecular formula is C23H27N4O+. The minimum Gasteiger partial charge on any atom is -0.332 e. The molecule has 1 aromatic heterocycles. The minimum absolute atomic E-state index is 0.0776. The second-order valence-corrected chi connectivity index (χ2v) is 7.44. The molecule has 1 saturated heterocycles. The zero-order valence-electron chi connectivity index (χ0n) is 16.6. The van der Waals surface area contributed by atoms with Crippen molar-refractivity contribution in [1.29, 1.82) is 0 Å². The number of rotatable bonds is 4. The van der Waals surface area contributed by atoms with Crippen LogP contribution in [0.4, 0.5) is 0 Å². The maximum absolute atomic E-state index is 13.4. The third-order valence-electron chi connectivity index (χ3n) is 5.51. The molecule has 2 heterocycles. The molecule has 1 N–H and O–H groups in total. The number of para-hydroxylation sites is 1. The van der Waals surface area contributed by atoms with Gasteiger partial charge < -0.3 is 9.80 Å². The number of benzene rings is 2. The van der Waals surface area contributed by atoms with E-state index in [0.29, 0.717) is 5.56 Å². The van der Waals surface area contributed by atoms with Gasteiger partial charge in [0.25, 0.3) is 5.91 Å². The summed E-state index contributed by atoms with van der Waals surface area (Å²) in [4.78, 5) is 16.9. The van der Waals surface area contributed by atoms with Crippen LogP contribution in [0.3, 0.4) is 0 Å². The van der Waals surface area contributed by atoms with E-state index in [9.17, 15) is 4.79 Å². The fourth-order valence-corrected chi connectivity index (χ4v) is 3.80. The first-order valence-corrected chi connectivity index (χ1v) is 10.0. The molecule has 1 aliphatic heterocycles. The maximum atomic E-state index is 13.4. The van der Waals surface area contributed by atoms with E-state index in [1.807, 2.05) is 58.2 Å². The number of carbonyl (C=O) groups is 1. The van der Waals surface area contributed by atoms with Crippen LogP contribution in [0, 0.1) is 6.92 Å². The number of nitrogens with one attached hydrogen (secondary N) is 1. The molecule has 28 heavy (non-hydrogen) atoms. The summed E-state index contributed by atoms with van der Waals surface area (Å²) in [6.07, 6.45) is 1.88. The molecule has 5 nitrogen and oxygen atoms in total. The van der Waals surface area contributed by atoms with Crippen LogP contribution in [0.2, 0.25) is 0 Å². The van der Waals surface area contributed by atoms with Crippen molar-refractivity contribution in [3.05, 3.63) is 71.9 Å². The zero-order chi connectivity index (χ0) is 19.5. The highest BCUT2D eigenvalue weighted by Gasteiger charge is 2.27. The maximum Gasteiger partial charge on any atom is 0.258 e. The highest BCUT2D eigenvalue weighted by Crippen LogP contribution is 2.26. The van der Waals surface area contributed by atoms with E-state index in [2.05, 4.69) is 26.0 Å². The van der Waals surface area contributed by atoms with Crippen molar-refractivity contribution in [2.45, 2.75) is 13.8 Å². The van der Waals surface area contributed by atoms with Gasteiger partial charge in [-0.05, 0) is 32.0 Å². The largest absolute Gasteiger partial charge is 0.332 e. The van der Waals surface area contributed by atoms with Crippen LogP contribution in [0.15, 0.2) is 60.8 Å². The van der Waals surface area contributed by atoms with Crippen molar-refractivity contribution in [2.75, 3.05) is 32.7 Å². The summed E-state index contributed by atoms with van der Waals surface area (Å²) >= 11 is 0. The lowest BCUT2D eigenvalue weighted by atomic mass is 10.0. The van der Waals surface area contributed by atoms with Gasteiger partial charge in [-0.1, -0.05) is 42.0 Å². The van der Waals surface area contributed by atoms with Crippen LogP contribution < -0.4 is 4.90 Å². The predicted molar refractivity (Wildman–Crippen MR) is 111 cm³/mol. The molecule has 0 unspecified atom stereocenters. The summed E-state index contributed by atoms with van der Waals surface area (Å²) in [5.41, 5.74) is 4.52. The first-order chi connectivity index (χ1) is 13.7.